The van der Waals surface area contributed by atoms with Gasteiger partial charge in [-0.05, 0) is 30.9 Å². The molecule has 144 valence electrons. The second kappa shape index (κ2) is 7.75. The third-order valence-corrected chi connectivity index (χ3v) is 5.05. The molecule has 0 atom stereocenters. The van der Waals surface area contributed by atoms with E-state index in [0.29, 0.717) is 42.8 Å². The number of hydrogen-bond acceptors (Lipinski definition) is 6. The first-order valence-corrected chi connectivity index (χ1v) is 9.28. The number of aromatic nitrogens is 4. The van der Waals surface area contributed by atoms with E-state index in [0.717, 1.165) is 18.4 Å². The maximum Gasteiger partial charge on any atom is 0.275 e. The molecule has 0 radical (unpaired) electrons. The van der Waals surface area contributed by atoms with Crippen LogP contribution in [0.15, 0.2) is 52.4 Å². The highest BCUT2D eigenvalue weighted by molar-refractivity contribution is 5.92. The number of hydrogen-bond donors (Lipinski definition) is 0. The Labute approximate surface area is 161 Å². The van der Waals surface area contributed by atoms with Crippen molar-refractivity contribution in [3.8, 4) is 11.3 Å². The number of rotatable bonds is 4. The van der Waals surface area contributed by atoms with Crippen LogP contribution in [0, 0.1) is 12.8 Å². The fourth-order valence-electron chi connectivity index (χ4n) is 3.46. The van der Waals surface area contributed by atoms with Crippen molar-refractivity contribution in [2.24, 2.45) is 5.92 Å². The van der Waals surface area contributed by atoms with Gasteiger partial charge in [-0.1, -0.05) is 0 Å². The van der Waals surface area contributed by atoms with Gasteiger partial charge in [0.25, 0.3) is 11.5 Å². The molecule has 0 aromatic carbocycles. The van der Waals surface area contributed by atoms with Crippen LogP contribution in [0.5, 0.6) is 0 Å². The van der Waals surface area contributed by atoms with Gasteiger partial charge in [-0.15, -0.1) is 0 Å². The third kappa shape index (κ3) is 3.85. The highest BCUT2D eigenvalue weighted by atomic mass is 16.3. The minimum absolute atomic E-state index is 0.0709. The number of nitrogens with zero attached hydrogens (tertiary/aromatic N) is 5. The van der Waals surface area contributed by atoms with Crippen LogP contribution < -0.4 is 5.56 Å². The van der Waals surface area contributed by atoms with Crippen LogP contribution >= 0.6 is 0 Å². The molecule has 0 bridgehead atoms. The second-order valence-electron chi connectivity index (χ2n) is 6.99. The summed E-state index contributed by atoms with van der Waals surface area (Å²) in [5, 5.41) is 0. The number of carbonyl (C=O) groups excluding carboxylic acids is 1. The molecule has 28 heavy (non-hydrogen) atoms. The van der Waals surface area contributed by atoms with Gasteiger partial charge in [-0.25, -0.2) is 9.97 Å². The van der Waals surface area contributed by atoms with Gasteiger partial charge in [0.05, 0.1) is 12.0 Å². The van der Waals surface area contributed by atoms with Crippen molar-refractivity contribution in [2.45, 2.75) is 26.3 Å². The summed E-state index contributed by atoms with van der Waals surface area (Å²) in [6, 6.07) is 5.21. The fourth-order valence-corrected chi connectivity index (χ4v) is 3.46. The van der Waals surface area contributed by atoms with Crippen molar-refractivity contribution in [1.29, 1.82) is 0 Å². The lowest BCUT2D eigenvalue weighted by molar-refractivity contribution is 0.0676. The van der Waals surface area contributed by atoms with Crippen molar-refractivity contribution in [3.63, 3.8) is 0 Å². The molecule has 1 saturated heterocycles. The molecule has 8 heteroatoms. The molecule has 1 aliphatic heterocycles. The van der Waals surface area contributed by atoms with Gasteiger partial charge in [0.1, 0.15) is 6.26 Å². The van der Waals surface area contributed by atoms with E-state index in [1.54, 1.807) is 41.2 Å². The van der Waals surface area contributed by atoms with E-state index in [-0.39, 0.29) is 11.5 Å². The lowest BCUT2D eigenvalue weighted by Crippen LogP contribution is -2.40. The van der Waals surface area contributed by atoms with E-state index >= 15 is 0 Å². The number of piperidine rings is 1. The van der Waals surface area contributed by atoms with Gasteiger partial charge in [0.15, 0.2) is 11.6 Å². The van der Waals surface area contributed by atoms with Gasteiger partial charge in [0.2, 0.25) is 0 Å². The van der Waals surface area contributed by atoms with Gasteiger partial charge < -0.3 is 9.32 Å². The Morgan fingerprint density at radius 1 is 1.25 bits per heavy atom. The lowest BCUT2D eigenvalue weighted by atomic mass is 9.96. The van der Waals surface area contributed by atoms with Gasteiger partial charge in [-0.2, -0.15) is 0 Å². The largest absolute Gasteiger partial charge is 0.448 e. The maximum atomic E-state index is 12.5. The summed E-state index contributed by atoms with van der Waals surface area (Å²) in [6.45, 7) is 3.61. The minimum Gasteiger partial charge on any atom is -0.448 e. The summed E-state index contributed by atoms with van der Waals surface area (Å²) in [6.07, 6.45) is 8.03. The number of amides is 1. The average molecular weight is 379 g/mol. The topological polar surface area (TPSA) is 94.1 Å². The molecule has 1 aliphatic rings. The van der Waals surface area contributed by atoms with Crippen LogP contribution in [0.25, 0.3) is 11.3 Å². The first-order valence-electron chi connectivity index (χ1n) is 9.28. The summed E-state index contributed by atoms with van der Waals surface area (Å²) in [7, 11) is 0. The Bertz CT molecular complexity index is 1020. The second-order valence-corrected chi connectivity index (χ2v) is 6.99. The molecule has 3 aromatic heterocycles. The van der Waals surface area contributed by atoms with Crippen molar-refractivity contribution in [2.75, 3.05) is 13.1 Å². The smallest absolute Gasteiger partial charge is 0.275 e. The lowest BCUT2D eigenvalue weighted by Gasteiger charge is -2.31. The number of oxazole rings is 1. The first kappa shape index (κ1) is 18.1. The normalized spacial score (nSPS) is 15.0. The fraction of sp³-hybridized carbons (Fsp3) is 0.350. The van der Waals surface area contributed by atoms with Crippen molar-refractivity contribution in [1.82, 2.24) is 24.4 Å². The summed E-state index contributed by atoms with van der Waals surface area (Å²) < 4.78 is 6.77. The molecule has 1 fully saturated rings. The first-order chi connectivity index (χ1) is 13.6. The predicted molar refractivity (Wildman–Crippen MR) is 102 cm³/mol. The molecule has 0 N–H and O–H groups in total. The highest BCUT2D eigenvalue weighted by Gasteiger charge is 2.25. The van der Waals surface area contributed by atoms with E-state index in [4.69, 9.17) is 4.42 Å². The van der Waals surface area contributed by atoms with Crippen LogP contribution in [0.3, 0.4) is 0 Å². The van der Waals surface area contributed by atoms with Gasteiger partial charge in [-0.3, -0.25) is 19.1 Å². The third-order valence-electron chi connectivity index (χ3n) is 5.05. The molecule has 8 nitrogen and oxygen atoms in total. The van der Waals surface area contributed by atoms with E-state index in [1.165, 1.54) is 6.26 Å². The Morgan fingerprint density at radius 3 is 2.64 bits per heavy atom. The zero-order chi connectivity index (χ0) is 19.5. The van der Waals surface area contributed by atoms with Crippen molar-refractivity contribution < 1.29 is 9.21 Å². The van der Waals surface area contributed by atoms with Crippen molar-refractivity contribution >= 4 is 5.91 Å². The average Bonchev–Trinajstić information content (AvgIpc) is 3.16. The maximum absolute atomic E-state index is 12.5. The van der Waals surface area contributed by atoms with Gasteiger partial charge in [0, 0.05) is 50.6 Å². The van der Waals surface area contributed by atoms with Crippen LogP contribution in [-0.4, -0.2) is 43.4 Å². The van der Waals surface area contributed by atoms with Crippen LogP contribution in [0.1, 0.15) is 29.2 Å². The Balaban J connectivity index is 1.37. The molecule has 0 spiro atoms. The summed E-state index contributed by atoms with van der Waals surface area (Å²) >= 11 is 0. The van der Waals surface area contributed by atoms with Crippen LogP contribution in [-0.2, 0) is 6.54 Å². The molecule has 0 aliphatic carbocycles. The van der Waals surface area contributed by atoms with E-state index in [2.05, 4.69) is 15.0 Å². The van der Waals surface area contributed by atoms with E-state index < -0.39 is 0 Å². The molecule has 1 amide bonds. The number of carbonyl (C=O) groups is 1. The molecule has 4 heterocycles. The van der Waals surface area contributed by atoms with E-state index in [9.17, 15) is 9.59 Å². The van der Waals surface area contributed by atoms with Crippen molar-refractivity contribution in [3.05, 3.63) is 65.1 Å². The Hall–Kier alpha value is -3.29. The standard InChI is InChI=1S/C20H21N5O3/c1-14-23-18(12-28-14)20(27)24-8-4-15(5-9-24)11-25-13-22-17(10-19(25)26)16-2-6-21-7-3-16/h2-3,6-7,10,12-13,15H,4-5,8-9,11H2,1H3. The highest BCUT2D eigenvalue weighted by Crippen LogP contribution is 2.20. The summed E-state index contributed by atoms with van der Waals surface area (Å²) in [5.74, 6) is 0.713. The number of pyridine rings is 1. The minimum atomic E-state index is -0.101. The number of aryl methyl sites for hydroxylation is 1. The molecule has 3 aromatic rings. The van der Waals surface area contributed by atoms with Crippen LogP contribution in [0.4, 0.5) is 0 Å². The summed E-state index contributed by atoms with van der Waals surface area (Å²) in [4.78, 5) is 39.2. The quantitative estimate of drug-likeness (QED) is 0.689. The molecular weight excluding hydrogens is 358 g/mol. The molecule has 4 rings (SSSR count). The monoisotopic (exact) mass is 379 g/mol. The molecule has 0 saturated carbocycles. The Kier molecular flexibility index (Phi) is 5.01. The summed E-state index contributed by atoms with van der Waals surface area (Å²) in [5.41, 5.74) is 1.79. The number of likely N-dealkylation sites (tertiary alicyclic amines) is 1. The molecule has 0 unspecified atom stereocenters. The predicted octanol–water partition coefficient (Wildman–Crippen LogP) is 2.15. The van der Waals surface area contributed by atoms with Crippen LogP contribution in [0.2, 0.25) is 0 Å². The SMILES string of the molecule is Cc1nc(C(=O)N2CCC(Cn3cnc(-c4ccncc4)cc3=O)CC2)co1. The Morgan fingerprint density at radius 2 is 2.00 bits per heavy atom. The molecular formula is C20H21N5O3. The zero-order valence-corrected chi connectivity index (χ0v) is 15.6. The van der Waals surface area contributed by atoms with Gasteiger partial charge >= 0.3 is 0 Å². The zero-order valence-electron chi connectivity index (χ0n) is 15.6. The van der Waals surface area contributed by atoms with E-state index in [1.807, 2.05) is 12.1 Å².